The van der Waals surface area contributed by atoms with E-state index in [0.29, 0.717) is 45.6 Å². The second-order valence-corrected chi connectivity index (χ2v) is 9.26. The lowest BCUT2D eigenvalue weighted by Crippen LogP contribution is -2.52. The summed E-state index contributed by atoms with van der Waals surface area (Å²) >= 11 is 0. The summed E-state index contributed by atoms with van der Waals surface area (Å²) in [5.41, 5.74) is 2.96. The molecule has 0 bridgehead atoms. The number of anilines is 1. The number of nitrogens with one attached hydrogen (secondary N) is 1. The van der Waals surface area contributed by atoms with Gasteiger partial charge >= 0.3 is 6.03 Å². The number of hydrogen-bond donors (Lipinski definition) is 1. The quantitative estimate of drug-likeness (QED) is 0.681. The van der Waals surface area contributed by atoms with Crippen LogP contribution in [-0.4, -0.2) is 49.2 Å². The molecule has 7 nitrogen and oxygen atoms in total. The average Bonchev–Trinajstić information content (AvgIpc) is 2.86. The molecule has 2 aromatic rings. The van der Waals surface area contributed by atoms with Gasteiger partial charge in [-0.1, -0.05) is 25.1 Å². The molecular formula is C27H35N3O4. The van der Waals surface area contributed by atoms with E-state index in [-0.39, 0.29) is 24.0 Å². The highest BCUT2D eigenvalue weighted by atomic mass is 16.5. The van der Waals surface area contributed by atoms with Gasteiger partial charge in [0.1, 0.15) is 17.6 Å². The number of carbonyl (C=O) groups excluding carboxylic acids is 2. The third kappa shape index (κ3) is 5.64. The maximum atomic E-state index is 13.3. The molecule has 0 radical (unpaired) electrons. The van der Waals surface area contributed by atoms with Crippen LogP contribution in [0.15, 0.2) is 42.5 Å². The van der Waals surface area contributed by atoms with Crippen LogP contribution in [0.5, 0.6) is 11.5 Å². The second-order valence-electron chi connectivity index (χ2n) is 9.26. The summed E-state index contributed by atoms with van der Waals surface area (Å²) in [7, 11) is 0. The van der Waals surface area contributed by atoms with Crippen LogP contribution in [0.3, 0.4) is 0 Å². The lowest BCUT2D eigenvalue weighted by atomic mass is 9.96. The first-order valence-electron chi connectivity index (χ1n) is 12.3. The van der Waals surface area contributed by atoms with Gasteiger partial charge in [0, 0.05) is 25.6 Å². The average molecular weight is 466 g/mol. The Morgan fingerprint density at radius 1 is 1.12 bits per heavy atom. The van der Waals surface area contributed by atoms with Crippen LogP contribution in [0.25, 0.3) is 0 Å². The predicted octanol–water partition coefficient (Wildman–Crippen LogP) is 4.52. The van der Waals surface area contributed by atoms with Gasteiger partial charge in [0.15, 0.2) is 0 Å². The standard InChI is InChI=1S/C27H35N3O4/c1-4-15-33-23-8-6-21(7-9-23)17-28-26(31)22-11-13-29(14-12-22)27(32)30-18-20(3)34-25-10-5-19(2)16-24(25)30/h5-10,16,20,22H,4,11-15,17-18H2,1-3H3,(H,28,31)/t20-/m0/s1. The Hall–Kier alpha value is -3.22. The van der Waals surface area contributed by atoms with E-state index in [2.05, 4.69) is 12.2 Å². The minimum atomic E-state index is -0.0747. The Kier molecular flexibility index (Phi) is 7.60. The zero-order valence-electron chi connectivity index (χ0n) is 20.4. The molecular weight excluding hydrogens is 430 g/mol. The predicted molar refractivity (Wildman–Crippen MR) is 132 cm³/mol. The number of nitrogens with zero attached hydrogens (tertiary/aromatic N) is 2. The summed E-state index contributed by atoms with van der Waals surface area (Å²) in [4.78, 5) is 29.8. The molecule has 2 heterocycles. The number of hydrogen-bond acceptors (Lipinski definition) is 4. The number of rotatable bonds is 6. The summed E-state index contributed by atoms with van der Waals surface area (Å²) in [6.07, 6.45) is 2.25. The fraction of sp³-hybridized carbons (Fsp3) is 0.481. The van der Waals surface area contributed by atoms with E-state index in [0.717, 1.165) is 34.7 Å². The van der Waals surface area contributed by atoms with Gasteiger partial charge in [-0.2, -0.15) is 0 Å². The molecule has 4 rings (SSSR count). The zero-order valence-corrected chi connectivity index (χ0v) is 20.4. The van der Waals surface area contributed by atoms with Crippen LogP contribution in [0.4, 0.5) is 10.5 Å². The van der Waals surface area contributed by atoms with Gasteiger partial charge < -0.3 is 19.7 Å². The molecule has 0 spiro atoms. The van der Waals surface area contributed by atoms with Crippen molar-refractivity contribution in [2.75, 3.05) is 31.1 Å². The minimum absolute atomic E-state index is 0.00811. The van der Waals surface area contributed by atoms with Crippen molar-refractivity contribution >= 4 is 17.6 Å². The van der Waals surface area contributed by atoms with Crippen molar-refractivity contribution in [2.45, 2.75) is 52.7 Å². The first-order chi connectivity index (χ1) is 16.4. The van der Waals surface area contributed by atoms with E-state index in [1.54, 1.807) is 0 Å². The van der Waals surface area contributed by atoms with E-state index in [1.807, 2.05) is 66.1 Å². The Morgan fingerprint density at radius 3 is 2.56 bits per heavy atom. The fourth-order valence-electron chi connectivity index (χ4n) is 4.49. The number of ether oxygens (including phenoxy) is 2. The van der Waals surface area contributed by atoms with Gasteiger partial charge in [-0.05, 0) is 68.5 Å². The molecule has 2 aliphatic rings. The van der Waals surface area contributed by atoms with Crippen LogP contribution in [0.2, 0.25) is 0 Å². The molecule has 0 unspecified atom stereocenters. The van der Waals surface area contributed by atoms with Crippen molar-refractivity contribution in [1.82, 2.24) is 10.2 Å². The highest BCUT2D eigenvalue weighted by molar-refractivity contribution is 5.94. The van der Waals surface area contributed by atoms with E-state index in [1.165, 1.54) is 0 Å². The van der Waals surface area contributed by atoms with Crippen molar-refractivity contribution in [2.24, 2.45) is 5.92 Å². The summed E-state index contributed by atoms with van der Waals surface area (Å²) in [6, 6.07) is 13.8. The molecule has 7 heteroatoms. The number of carbonyl (C=O) groups is 2. The van der Waals surface area contributed by atoms with Crippen molar-refractivity contribution in [3.05, 3.63) is 53.6 Å². The molecule has 182 valence electrons. The molecule has 1 saturated heterocycles. The maximum absolute atomic E-state index is 13.3. The molecule has 2 aliphatic heterocycles. The number of urea groups is 1. The topological polar surface area (TPSA) is 71.1 Å². The van der Waals surface area contributed by atoms with Gasteiger partial charge in [-0.3, -0.25) is 9.69 Å². The Bertz CT molecular complexity index is 999. The molecule has 1 fully saturated rings. The van der Waals surface area contributed by atoms with Crippen LogP contribution in [-0.2, 0) is 11.3 Å². The molecule has 34 heavy (non-hydrogen) atoms. The van der Waals surface area contributed by atoms with Gasteiger partial charge in [-0.25, -0.2) is 4.79 Å². The number of aryl methyl sites for hydroxylation is 1. The zero-order chi connectivity index (χ0) is 24.1. The third-order valence-electron chi connectivity index (χ3n) is 6.40. The maximum Gasteiger partial charge on any atom is 0.324 e. The van der Waals surface area contributed by atoms with Gasteiger partial charge in [0.05, 0.1) is 18.8 Å². The van der Waals surface area contributed by atoms with Crippen LogP contribution >= 0.6 is 0 Å². The van der Waals surface area contributed by atoms with E-state index in [4.69, 9.17) is 9.47 Å². The van der Waals surface area contributed by atoms with Crippen molar-refractivity contribution < 1.29 is 19.1 Å². The summed E-state index contributed by atoms with van der Waals surface area (Å²) in [5.74, 6) is 1.58. The highest BCUT2D eigenvalue weighted by Crippen LogP contribution is 2.35. The Labute approximate surface area is 202 Å². The Morgan fingerprint density at radius 2 is 1.85 bits per heavy atom. The second kappa shape index (κ2) is 10.8. The van der Waals surface area contributed by atoms with Crippen LogP contribution in [0.1, 0.15) is 44.2 Å². The first-order valence-corrected chi connectivity index (χ1v) is 12.3. The van der Waals surface area contributed by atoms with Gasteiger partial charge in [-0.15, -0.1) is 0 Å². The lowest BCUT2D eigenvalue weighted by molar-refractivity contribution is -0.126. The molecule has 3 amide bonds. The normalized spacial score (nSPS) is 18.1. The monoisotopic (exact) mass is 465 g/mol. The number of amides is 3. The number of benzene rings is 2. The largest absolute Gasteiger partial charge is 0.494 e. The Balaban J connectivity index is 1.28. The van der Waals surface area contributed by atoms with Gasteiger partial charge in [0.2, 0.25) is 5.91 Å². The highest BCUT2D eigenvalue weighted by Gasteiger charge is 2.34. The molecule has 0 aliphatic carbocycles. The van der Waals surface area contributed by atoms with Crippen molar-refractivity contribution in [3.63, 3.8) is 0 Å². The summed E-state index contributed by atoms with van der Waals surface area (Å²) in [5, 5.41) is 3.05. The minimum Gasteiger partial charge on any atom is -0.494 e. The third-order valence-corrected chi connectivity index (χ3v) is 6.40. The summed E-state index contributed by atoms with van der Waals surface area (Å²) in [6.45, 7) is 8.94. The lowest BCUT2D eigenvalue weighted by Gasteiger charge is -2.39. The number of likely N-dealkylation sites (tertiary alicyclic amines) is 1. The fourth-order valence-corrected chi connectivity index (χ4v) is 4.49. The molecule has 2 aromatic carbocycles. The summed E-state index contributed by atoms with van der Waals surface area (Å²) < 4.78 is 11.5. The van der Waals surface area contributed by atoms with Crippen molar-refractivity contribution in [1.29, 1.82) is 0 Å². The van der Waals surface area contributed by atoms with E-state index >= 15 is 0 Å². The number of fused-ring (bicyclic) bond motifs is 1. The molecule has 1 atom stereocenters. The smallest absolute Gasteiger partial charge is 0.324 e. The SMILES string of the molecule is CCCOc1ccc(CNC(=O)C2CCN(C(=O)N3C[C@H](C)Oc4ccc(C)cc43)CC2)cc1. The van der Waals surface area contributed by atoms with Crippen molar-refractivity contribution in [3.8, 4) is 11.5 Å². The molecule has 0 aromatic heterocycles. The van der Waals surface area contributed by atoms with E-state index in [9.17, 15) is 9.59 Å². The van der Waals surface area contributed by atoms with Crippen LogP contribution in [0, 0.1) is 12.8 Å². The number of piperidine rings is 1. The first kappa shape index (κ1) is 23.9. The molecule has 1 N–H and O–H groups in total. The van der Waals surface area contributed by atoms with E-state index < -0.39 is 0 Å². The van der Waals surface area contributed by atoms with Gasteiger partial charge in [0.25, 0.3) is 0 Å². The molecule has 0 saturated carbocycles. The van der Waals surface area contributed by atoms with Crippen LogP contribution < -0.4 is 19.7 Å².